The molecule has 2 aliphatic heterocycles. The fraction of sp³-hybridized carbons (Fsp3) is 0.500. The number of morpholine rings is 1. The predicted molar refractivity (Wildman–Crippen MR) is 78.4 cm³/mol. The Bertz CT molecular complexity index is 527. The average Bonchev–Trinajstić information content (AvgIpc) is 2.93. The number of fused-ring (bicyclic) bond motifs is 1. The van der Waals surface area contributed by atoms with Crippen molar-refractivity contribution >= 4 is 17.6 Å². The molecule has 0 spiro atoms. The number of hydrogen-bond donors (Lipinski definition) is 1. The smallest absolute Gasteiger partial charge is 0.191 e. The molecule has 0 radical (unpaired) electrons. The third-order valence-electron chi connectivity index (χ3n) is 3.57. The summed E-state index contributed by atoms with van der Waals surface area (Å²) in [7, 11) is 0. The summed E-state index contributed by atoms with van der Waals surface area (Å²) in [6.07, 6.45) is 0.908. The van der Waals surface area contributed by atoms with Gasteiger partial charge in [-0.05, 0) is 17.7 Å². The van der Waals surface area contributed by atoms with E-state index in [0.717, 1.165) is 41.4 Å². The van der Waals surface area contributed by atoms with Crippen LogP contribution in [0.1, 0.15) is 11.1 Å². The van der Waals surface area contributed by atoms with Crippen LogP contribution in [-0.4, -0.2) is 43.8 Å². The largest absolute Gasteiger partial charge is 0.493 e. The standard InChI is InChI=1S/C14H18ClN3O2/c15-12-7-10-1-4-20-13(10)11(8-12)9-17-14(16)18-2-5-19-6-3-18/h7-8H,1-6,9H2,(H2,16,17). The summed E-state index contributed by atoms with van der Waals surface area (Å²) in [4.78, 5) is 6.50. The molecule has 1 saturated heterocycles. The van der Waals surface area contributed by atoms with Gasteiger partial charge in [0.25, 0.3) is 0 Å². The van der Waals surface area contributed by atoms with Crippen LogP contribution >= 0.6 is 11.6 Å². The lowest BCUT2D eigenvalue weighted by Crippen LogP contribution is -2.44. The molecule has 20 heavy (non-hydrogen) atoms. The van der Waals surface area contributed by atoms with Crippen LogP contribution in [-0.2, 0) is 17.7 Å². The number of benzene rings is 1. The molecule has 6 heteroatoms. The molecule has 0 aromatic heterocycles. The Labute approximate surface area is 123 Å². The number of rotatable bonds is 2. The molecule has 0 unspecified atom stereocenters. The zero-order valence-corrected chi connectivity index (χ0v) is 12.0. The molecule has 3 rings (SSSR count). The van der Waals surface area contributed by atoms with Gasteiger partial charge >= 0.3 is 0 Å². The molecule has 2 N–H and O–H groups in total. The Balaban J connectivity index is 1.74. The minimum Gasteiger partial charge on any atom is -0.493 e. The first-order chi connectivity index (χ1) is 9.74. The Hall–Kier alpha value is -1.46. The summed E-state index contributed by atoms with van der Waals surface area (Å²) in [5.74, 6) is 1.48. The number of nitrogens with two attached hydrogens (primary N) is 1. The first-order valence-corrected chi connectivity index (χ1v) is 7.18. The van der Waals surface area contributed by atoms with Crippen LogP contribution in [0.25, 0.3) is 0 Å². The van der Waals surface area contributed by atoms with E-state index in [-0.39, 0.29) is 0 Å². The molecule has 2 aliphatic rings. The Morgan fingerprint density at radius 2 is 2.10 bits per heavy atom. The van der Waals surface area contributed by atoms with E-state index in [0.29, 0.717) is 32.3 Å². The fourth-order valence-electron chi connectivity index (χ4n) is 2.52. The van der Waals surface area contributed by atoms with Crippen molar-refractivity contribution in [3.8, 4) is 5.75 Å². The summed E-state index contributed by atoms with van der Waals surface area (Å²) in [5.41, 5.74) is 8.19. The van der Waals surface area contributed by atoms with Gasteiger partial charge in [0.05, 0.1) is 26.4 Å². The van der Waals surface area contributed by atoms with Gasteiger partial charge in [-0.2, -0.15) is 0 Å². The molecule has 1 aromatic carbocycles. The van der Waals surface area contributed by atoms with E-state index in [1.165, 1.54) is 0 Å². The van der Waals surface area contributed by atoms with Crippen LogP contribution < -0.4 is 10.5 Å². The zero-order chi connectivity index (χ0) is 13.9. The maximum atomic E-state index is 6.13. The van der Waals surface area contributed by atoms with Crippen molar-refractivity contribution in [2.24, 2.45) is 10.7 Å². The van der Waals surface area contributed by atoms with E-state index < -0.39 is 0 Å². The van der Waals surface area contributed by atoms with Crippen molar-refractivity contribution in [1.82, 2.24) is 4.90 Å². The van der Waals surface area contributed by atoms with E-state index in [1.54, 1.807) is 0 Å². The lowest BCUT2D eigenvalue weighted by Gasteiger charge is -2.27. The maximum absolute atomic E-state index is 6.13. The molecular weight excluding hydrogens is 278 g/mol. The van der Waals surface area contributed by atoms with Gasteiger partial charge in [-0.1, -0.05) is 11.6 Å². The third kappa shape index (κ3) is 2.83. The highest BCUT2D eigenvalue weighted by atomic mass is 35.5. The second-order valence-corrected chi connectivity index (χ2v) is 5.36. The van der Waals surface area contributed by atoms with Crippen molar-refractivity contribution in [2.45, 2.75) is 13.0 Å². The second kappa shape index (κ2) is 5.89. The van der Waals surface area contributed by atoms with Gasteiger partial charge < -0.3 is 20.1 Å². The highest BCUT2D eigenvalue weighted by Gasteiger charge is 2.18. The van der Waals surface area contributed by atoms with Gasteiger partial charge in [-0.15, -0.1) is 0 Å². The monoisotopic (exact) mass is 295 g/mol. The quantitative estimate of drug-likeness (QED) is 0.662. The summed E-state index contributed by atoms with van der Waals surface area (Å²) < 4.78 is 11.0. The predicted octanol–water partition coefficient (Wildman–Crippen LogP) is 1.42. The molecule has 2 heterocycles. The first-order valence-electron chi connectivity index (χ1n) is 6.81. The van der Waals surface area contributed by atoms with Gasteiger partial charge in [0, 0.05) is 30.1 Å². The number of guanidine groups is 1. The van der Waals surface area contributed by atoms with Crippen molar-refractivity contribution in [1.29, 1.82) is 0 Å². The molecule has 0 saturated carbocycles. The zero-order valence-electron chi connectivity index (χ0n) is 11.3. The van der Waals surface area contributed by atoms with Crippen molar-refractivity contribution in [3.63, 3.8) is 0 Å². The molecule has 108 valence electrons. The van der Waals surface area contributed by atoms with Crippen molar-refractivity contribution < 1.29 is 9.47 Å². The maximum Gasteiger partial charge on any atom is 0.191 e. The summed E-state index contributed by atoms with van der Waals surface area (Å²) in [6.45, 7) is 4.19. The Morgan fingerprint density at radius 3 is 2.90 bits per heavy atom. The molecular formula is C14H18ClN3O2. The first kappa shape index (κ1) is 13.5. The molecule has 0 amide bonds. The van der Waals surface area contributed by atoms with Gasteiger partial charge in [0.15, 0.2) is 5.96 Å². The number of aliphatic imine (C=N–C) groups is 1. The summed E-state index contributed by atoms with van der Waals surface area (Å²) in [5, 5.41) is 0.726. The fourth-order valence-corrected chi connectivity index (χ4v) is 2.79. The van der Waals surface area contributed by atoms with Gasteiger partial charge in [0.1, 0.15) is 5.75 Å². The Kier molecular flexibility index (Phi) is 3.98. The number of halogens is 1. The van der Waals surface area contributed by atoms with Gasteiger partial charge in [0.2, 0.25) is 0 Å². The van der Waals surface area contributed by atoms with Crippen LogP contribution in [0, 0.1) is 0 Å². The van der Waals surface area contributed by atoms with Crippen LogP contribution in [0.15, 0.2) is 17.1 Å². The summed E-state index contributed by atoms with van der Waals surface area (Å²) >= 11 is 6.13. The normalized spacial score (nSPS) is 18.9. The number of ether oxygens (including phenoxy) is 2. The van der Waals surface area contributed by atoms with E-state index in [2.05, 4.69) is 4.99 Å². The van der Waals surface area contributed by atoms with E-state index >= 15 is 0 Å². The lowest BCUT2D eigenvalue weighted by molar-refractivity contribution is 0.0674. The SMILES string of the molecule is NC(=NCc1cc(Cl)cc2c1OCC2)N1CCOCC1. The topological polar surface area (TPSA) is 60.1 Å². The molecule has 1 aromatic rings. The van der Waals surface area contributed by atoms with E-state index in [9.17, 15) is 0 Å². The third-order valence-corrected chi connectivity index (χ3v) is 3.79. The van der Waals surface area contributed by atoms with Gasteiger partial charge in [-0.3, -0.25) is 0 Å². The Morgan fingerprint density at radius 1 is 1.30 bits per heavy atom. The molecule has 5 nitrogen and oxygen atoms in total. The highest BCUT2D eigenvalue weighted by molar-refractivity contribution is 6.30. The van der Waals surface area contributed by atoms with Crippen LogP contribution in [0.2, 0.25) is 5.02 Å². The highest BCUT2D eigenvalue weighted by Crippen LogP contribution is 2.33. The molecule has 0 aliphatic carbocycles. The van der Waals surface area contributed by atoms with Crippen molar-refractivity contribution in [3.05, 3.63) is 28.3 Å². The lowest BCUT2D eigenvalue weighted by atomic mass is 10.1. The minimum atomic E-state index is 0.492. The average molecular weight is 296 g/mol. The molecule has 1 fully saturated rings. The number of nitrogens with zero attached hydrogens (tertiary/aromatic N) is 2. The van der Waals surface area contributed by atoms with Crippen molar-refractivity contribution in [2.75, 3.05) is 32.9 Å². The molecule has 0 bridgehead atoms. The molecule has 0 atom stereocenters. The minimum absolute atomic E-state index is 0.492. The number of hydrogen-bond acceptors (Lipinski definition) is 3. The summed E-state index contributed by atoms with van der Waals surface area (Å²) in [6, 6.07) is 3.87. The van der Waals surface area contributed by atoms with Crippen LogP contribution in [0.4, 0.5) is 0 Å². The van der Waals surface area contributed by atoms with E-state index in [1.807, 2.05) is 17.0 Å². The van der Waals surface area contributed by atoms with Crippen LogP contribution in [0.5, 0.6) is 5.75 Å². The van der Waals surface area contributed by atoms with Crippen LogP contribution in [0.3, 0.4) is 0 Å². The van der Waals surface area contributed by atoms with E-state index in [4.69, 9.17) is 26.8 Å². The second-order valence-electron chi connectivity index (χ2n) is 4.93. The van der Waals surface area contributed by atoms with Gasteiger partial charge in [-0.25, -0.2) is 4.99 Å².